The highest BCUT2D eigenvalue weighted by atomic mass is 35.5. The van der Waals surface area contributed by atoms with Crippen LogP contribution in [-0.2, 0) is 0 Å². The third-order valence-electron chi connectivity index (χ3n) is 2.21. The molecule has 0 bridgehead atoms. The minimum Gasteiger partial charge on any atom is -0.396 e. The van der Waals surface area contributed by atoms with Gasteiger partial charge in [0.05, 0.1) is 15.7 Å². The Labute approximate surface area is 110 Å². The van der Waals surface area contributed by atoms with Crippen LogP contribution < -0.4 is 5.73 Å². The lowest BCUT2D eigenvalue weighted by atomic mass is 10.2. The Hall–Kier alpha value is -1.37. The van der Waals surface area contributed by atoms with Crippen LogP contribution in [0.25, 0.3) is 15.5 Å². The fraction of sp³-hybridized carbons (Fsp3) is 0. The number of benzene rings is 1. The quantitative estimate of drug-likeness (QED) is 0.698. The summed E-state index contributed by atoms with van der Waals surface area (Å²) in [5.41, 5.74) is 6.86. The Morgan fingerprint density at radius 3 is 2.59 bits per heavy atom. The number of fused-ring (bicyclic) bond motifs is 1. The molecule has 0 saturated carbocycles. The maximum Gasteiger partial charge on any atom is 0.234 e. The fourth-order valence-corrected chi connectivity index (χ4v) is 2.68. The molecule has 8 heteroatoms. The zero-order chi connectivity index (χ0) is 12.0. The number of anilines is 1. The van der Waals surface area contributed by atoms with Gasteiger partial charge in [0.15, 0.2) is 0 Å². The molecular weight excluding hydrogens is 281 g/mol. The maximum atomic E-state index is 5.97. The number of aromatic nitrogens is 4. The minimum atomic E-state index is 0.375. The molecule has 0 atom stereocenters. The van der Waals surface area contributed by atoms with Crippen molar-refractivity contribution < 1.29 is 0 Å². The molecule has 3 rings (SSSR count). The lowest BCUT2D eigenvalue weighted by Crippen LogP contribution is -1.89. The summed E-state index contributed by atoms with van der Waals surface area (Å²) >= 11 is 13.3. The average Bonchev–Trinajstić information content (AvgIpc) is 2.84. The molecule has 0 aliphatic carbocycles. The van der Waals surface area contributed by atoms with Gasteiger partial charge in [0.25, 0.3) is 0 Å². The fourth-order valence-electron chi connectivity index (χ4n) is 1.38. The van der Waals surface area contributed by atoms with E-state index in [4.69, 9.17) is 28.9 Å². The van der Waals surface area contributed by atoms with Gasteiger partial charge in [-0.2, -0.15) is 9.61 Å². The van der Waals surface area contributed by atoms with E-state index >= 15 is 0 Å². The van der Waals surface area contributed by atoms with Crippen molar-refractivity contribution >= 4 is 45.2 Å². The van der Waals surface area contributed by atoms with Gasteiger partial charge in [0.2, 0.25) is 4.96 Å². The molecule has 0 fully saturated rings. The van der Waals surface area contributed by atoms with E-state index < -0.39 is 0 Å². The first-order valence-corrected chi connectivity index (χ1v) is 6.14. The van der Waals surface area contributed by atoms with Crippen LogP contribution >= 0.6 is 34.5 Å². The average molecular weight is 286 g/mol. The summed E-state index contributed by atoms with van der Waals surface area (Å²) in [6.07, 6.45) is 1.54. The highest BCUT2D eigenvalue weighted by Gasteiger charge is 2.11. The smallest absolute Gasteiger partial charge is 0.234 e. The van der Waals surface area contributed by atoms with Crippen LogP contribution in [0.4, 0.5) is 5.69 Å². The minimum absolute atomic E-state index is 0.375. The molecule has 0 unspecified atom stereocenters. The molecule has 0 spiro atoms. The van der Waals surface area contributed by atoms with E-state index in [1.165, 1.54) is 17.7 Å². The Morgan fingerprint density at radius 2 is 1.94 bits per heavy atom. The van der Waals surface area contributed by atoms with E-state index in [-0.39, 0.29) is 0 Å². The standard InChI is InChI=1S/C9H5Cl2N5S/c10-5-1-4(2-6(11)7(5)12)8-15-16-3-13-14-9(16)17-8/h1-3H,12H2. The number of nitrogens with zero attached hydrogens (tertiary/aromatic N) is 4. The van der Waals surface area contributed by atoms with Crippen molar-refractivity contribution in [2.45, 2.75) is 0 Å². The predicted octanol–water partition coefficient (Wildman–Crippen LogP) is 2.74. The maximum absolute atomic E-state index is 5.97. The third-order valence-corrected chi connectivity index (χ3v) is 3.80. The molecule has 0 aliphatic rings. The van der Waals surface area contributed by atoms with E-state index in [1.54, 1.807) is 16.6 Å². The number of hydrogen-bond acceptors (Lipinski definition) is 5. The normalized spacial score (nSPS) is 11.2. The molecule has 0 radical (unpaired) electrons. The first-order chi connectivity index (χ1) is 8.15. The van der Waals surface area contributed by atoms with E-state index in [0.29, 0.717) is 20.7 Å². The molecule has 0 saturated heterocycles. The third kappa shape index (κ3) is 1.74. The van der Waals surface area contributed by atoms with Gasteiger partial charge in [-0.1, -0.05) is 34.5 Å². The molecule has 1 aromatic carbocycles. The largest absolute Gasteiger partial charge is 0.396 e. The number of rotatable bonds is 1. The molecule has 2 aromatic heterocycles. The van der Waals surface area contributed by atoms with Crippen molar-refractivity contribution in [3.63, 3.8) is 0 Å². The lowest BCUT2D eigenvalue weighted by molar-refractivity contribution is 0.960. The van der Waals surface area contributed by atoms with Crippen molar-refractivity contribution in [2.75, 3.05) is 5.73 Å². The molecule has 17 heavy (non-hydrogen) atoms. The van der Waals surface area contributed by atoms with Crippen LogP contribution in [0.15, 0.2) is 18.5 Å². The number of nitrogens with two attached hydrogens (primary N) is 1. The second kappa shape index (κ2) is 3.83. The molecule has 2 heterocycles. The van der Waals surface area contributed by atoms with Crippen molar-refractivity contribution in [3.8, 4) is 10.6 Å². The topological polar surface area (TPSA) is 69.1 Å². The molecule has 3 aromatic rings. The summed E-state index contributed by atoms with van der Waals surface area (Å²) < 4.78 is 1.60. The summed E-state index contributed by atoms with van der Waals surface area (Å²) in [6.45, 7) is 0. The lowest BCUT2D eigenvalue weighted by Gasteiger charge is -2.03. The molecule has 0 aliphatic heterocycles. The first kappa shape index (κ1) is 10.8. The highest BCUT2D eigenvalue weighted by molar-refractivity contribution is 7.19. The molecule has 5 nitrogen and oxygen atoms in total. The van der Waals surface area contributed by atoms with Gasteiger partial charge >= 0.3 is 0 Å². The molecule has 2 N–H and O–H groups in total. The Bertz CT molecular complexity index is 653. The van der Waals surface area contributed by atoms with Crippen molar-refractivity contribution in [3.05, 3.63) is 28.5 Å². The van der Waals surface area contributed by atoms with E-state index in [0.717, 1.165) is 10.6 Å². The second-order valence-corrected chi connectivity index (χ2v) is 5.09. The van der Waals surface area contributed by atoms with Gasteiger partial charge in [-0.3, -0.25) is 0 Å². The van der Waals surface area contributed by atoms with Crippen LogP contribution in [0, 0.1) is 0 Å². The van der Waals surface area contributed by atoms with Crippen LogP contribution in [0.1, 0.15) is 0 Å². The summed E-state index contributed by atoms with van der Waals surface area (Å²) in [5, 5.41) is 13.5. The monoisotopic (exact) mass is 285 g/mol. The Kier molecular flexibility index (Phi) is 2.43. The zero-order valence-electron chi connectivity index (χ0n) is 8.26. The highest BCUT2D eigenvalue weighted by Crippen LogP contribution is 2.34. The summed E-state index contributed by atoms with van der Waals surface area (Å²) in [4.78, 5) is 0.712. The Balaban J connectivity index is 2.18. The summed E-state index contributed by atoms with van der Waals surface area (Å²) in [7, 11) is 0. The van der Waals surface area contributed by atoms with Gasteiger partial charge in [-0.25, -0.2) is 0 Å². The number of halogens is 2. The molecule has 86 valence electrons. The molecular formula is C9H5Cl2N5S. The number of hydrogen-bond donors (Lipinski definition) is 1. The van der Waals surface area contributed by atoms with Gasteiger partial charge in [-0.05, 0) is 12.1 Å². The molecule has 0 amide bonds. The summed E-state index contributed by atoms with van der Waals surface area (Å²) in [5.74, 6) is 0. The van der Waals surface area contributed by atoms with E-state index in [9.17, 15) is 0 Å². The van der Waals surface area contributed by atoms with E-state index in [2.05, 4.69) is 15.3 Å². The van der Waals surface area contributed by atoms with Crippen LogP contribution in [0.5, 0.6) is 0 Å². The SMILES string of the molecule is Nc1c(Cl)cc(-c2nn3cnnc3s2)cc1Cl. The van der Waals surface area contributed by atoms with E-state index in [1.807, 2.05) is 0 Å². The zero-order valence-corrected chi connectivity index (χ0v) is 10.6. The van der Waals surface area contributed by atoms with Crippen molar-refractivity contribution in [1.82, 2.24) is 19.8 Å². The second-order valence-electron chi connectivity index (χ2n) is 3.32. The van der Waals surface area contributed by atoms with Gasteiger partial charge in [0.1, 0.15) is 11.3 Å². The predicted molar refractivity (Wildman–Crippen MR) is 68.5 cm³/mol. The van der Waals surface area contributed by atoms with Crippen molar-refractivity contribution in [2.24, 2.45) is 0 Å². The van der Waals surface area contributed by atoms with Crippen LogP contribution in [0.2, 0.25) is 10.0 Å². The first-order valence-electron chi connectivity index (χ1n) is 4.57. The van der Waals surface area contributed by atoms with Gasteiger partial charge in [0, 0.05) is 5.56 Å². The van der Waals surface area contributed by atoms with Gasteiger partial charge in [-0.15, -0.1) is 10.2 Å². The van der Waals surface area contributed by atoms with Crippen LogP contribution in [-0.4, -0.2) is 19.8 Å². The summed E-state index contributed by atoms with van der Waals surface area (Å²) in [6, 6.07) is 3.46. The van der Waals surface area contributed by atoms with Gasteiger partial charge < -0.3 is 5.73 Å². The van der Waals surface area contributed by atoms with Crippen molar-refractivity contribution in [1.29, 1.82) is 0 Å². The Morgan fingerprint density at radius 1 is 1.24 bits per heavy atom. The van der Waals surface area contributed by atoms with Crippen LogP contribution in [0.3, 0.4) is 0 Å². The number of nitrogen functional groups attached to an aromatic ring is 1.